The number of benzene rings is 1. The van der Waals surface area contributed by atoms with Crippen LogP contribution in [-0.2, 0) is 35.0 Å². The van der Waals surface area contributed by atoms with Gasteiger partial charge in [-0.15, -0.1) is 6.58 Å². The summed E-state index contributed by atoms with van der Waals surface area (Å²) in [6.07, 6.45) is -3.77. The lowest BCUT2D eigenvalue weighted by Gasteiger charge is -2.47. The van der Waals surface area contributed by atoms with E-state index >= 15 is 0 Å². The first-order valence-electron chi connectivity index (χ1n) is 14.7. The summed E-state index contributed by atoms with van der Waals surface area (Å²) in [5, 5.41) is 44.8. The molecule has 1 aliphatic heterocycles. The molecule has 1 aliphatic rings. The van der Waals surface area contributed by atoms with Gasteiger partial charge in [0.1, 0.15) is 23.7 Å². The van der Waals surface area contributed by atoms with Crippen molar-refractivity contribution >= 4 is 12.4 Å². The Kier molecular flexibility index (Phi) is 13.5. The molecule has 1 aromatic rings. The van der Waals surface area contributed by atoms with Crippen LogP contribution in [0.4, 0.5) is 0 Å². The highest BCUT2D eigenvalue weighted by molar-refractivity contribution is 5.81. The molecule has 0 spiro atoms. The van der Waals surface area contributed by atoms with Gasteiger partial charge in [0, 0.05) is 38.5 Å². The first-order valence-corrected chi connectivity index (χ1v) is 14.7. The van der Waals surface area contributed by atoms with Gasteiger partial charge >= 0.3 is 0 Å². The molecule has 2 rings (SSSR count). The maximum absolute atomic E-state index is 12.9. The van der Waals surface area contributed by atoms with Crippen molar-refractivity contribution in [3.63, 3.8) is 0 Å². The van der Waals surface area contributed by atoms with Crippen LogP contribution in [-0.4, -0.2) is 89.9 Å². The Morgan fingerprint density at radius 2 is 1.79 bits per heavy atom. The van der Waals surface area contributed by atoms with E-state index in [-0.39, 0.29) is 23.8 Å². The maximum atomic E-state index is 12.9. The molecule has 0 saturated carbocycles. The van der Waals surface area contributed by atoms with E-state index in [2.05, 4.69) is 11.9 Å². The number of carbonyl (C=O) groups is 2. The molecule has 1 amide bonds. The van der Waals surface area contributed by atoms with Crippen molar-refractivity contribution in [2.75, 3.05) is 14.2 Å². The molecule has 5 unspecified atom stereocenters. The topological polar surface area (TPSA) is 164 Å². The molecule has 1 saturated heterocycles. The van der Waals surface area contributed by atoms with E-state index in [0.29, 0.717) is 48.8 Å². The van der Waals surface area contributed by atoms with Gasteiger partial charge in [0.15, 0.2) is 12.3 Å². The number of aliphatic hydroxyl groups excluding tert-OH is 2. The fraction of sp³-hybridized carbons (Fsp3) is 0.688. The summed E-state index contributed by atoms with van der Waals surface area (Å²) < 4.78 is 22.7. The van der Waals surface area contributed by atoms with Crippen LogP contribution in [0.5, 0.6) is 11.5 Å². The number of phenols is 2. The minimum Gasteiger partial charge on any atom is -0.508 e. The van der Waals surface area contributed by atoms with E-state index in [4.69, 9.17) is 18.9 Å². The SMILES string of the molecule is C=C(C)CC(OC)C(O)C(=O)NC(OC)[C@@H]1CC(O)C(C)(C)C(CC[C@@H](C)[C@@H](Cc2c(C)c(O)cc(O)c2C)OC=O)O1. The largest absolute Gasteiger partial charge is 0.508 e. The van der Waals surface area contributed by atoms with Gasteiger partial charge in [0.05, 0.1) is 18.3 Å². The molecule has 1 fully saturated rings. The number of hydrogen-bond donors (Lipinski definition) is 5. The van der Waals surface area contributed by atoms with Crippen LogP contribution in [0.2, 0.25) is 0 Å². The van der Waals surface area contributed by atoms with Crippen LogP contribution >= 0.6 is 0 Å². The normalized spacial score (nSPS) is 23.4. The van der Waals surface area contributed by atoms with Crippen LogP contribution in [0.1, 0.15) is 70.1 Å². The highest BCUT2D eigenvalue weighted by atomic mass is 16.6. The number of methoxy groups -OCH3 is 2. The predicted octanol–water partition coefficient (Wildman–Crippen LogP) is 3.19. The number of nitrogens with one attached hydrogen (secondary N) is 1. The van der Waals surface area contributed by atoms with E-state index in [0.717, 1.165) is 5.57 Å². The quantitative estimate of drug-likeness (QED) is 0.107. The Morgan fingerprint density at radius 3 is 2.30 bits per heavy atom. The molecule has 11 heteroatoms. The zero-order valence-electron chi connectivity index (χ0n) is 26.8. The number of amides is 1. The highest BCUT2D eigenvalue weighted by Gasteiger charge is 2.47. The molecular weight excluding hydrogens is 558 g/mol. The van der Waals surface area contributed by atoms with E-state index in [1.807, 2.05) is 20.8 Å². The fourth-order valence-corrected chi connectivity index (χ4v) is 5.68. The van der Waals surface area contributed by atoms with E-state index in [1.165, 1.54) is 20.3 Å². The average Bonchev–Trinajstić information content (AvgIpc) is 2.95. The van der Waals surface area contributed by atoms with Gasteiger partial charge in [0.2, 0.25) is 0 Å². The second kappa shape index (κ2) is 15.9. The number of hydrogen-bond acceptors (Lipinski definition) is 10. The van der Waals surface area contributed by atoms with Gasteiger partial charge in [-0.05, 0) is 62.6 Å². The van der Waals surface area contributed by atoms with Gasteiger partial charge in [-0.25, -0.2) is 0 Å². The van der Waals surface area contributed by atoms with Crippen LogP contribution in [0, 0.1) is 25.2 Å². The molecule has 0 radical (unpaired) electrons. The molecule has 244 valence electrons. The van der Waals surface area contributed by atoms with Crippen LogP contribution < -0.4 is 5.32 Å². The summed E-state index contributed by atoms with van der Waals surface area (Å²) in [7, 11) is 2.82. The molecule has 8 atom stereocenters. The van der Waals surface area contributed by atoms with E-state index in [9.17, 15) is 30.0 Å². The van der Waals surface area contributed by atoms with Gasteiger partial charge in [-0.2, -0.15) is 0 Å². The number of rotatable bonds is 16. The Hall–Kier alpha value is -2.70. The third-order valence-electron chi connectivity index (χ3n) is 8.93. The summed E-state index contributed by atoms with van der Waals surface area (Å²) in [5.41, 5.74) is 2.05. The summed E-state index contributed by atoms with van der Waals surface area (Å²) >= 11 is 0. The van der Waals surface area contributed by atoms with Crippen LogP contribution in [0.3, 0.4) is 0 Å². The van der Waals surface area contributed by atoms with Crippen molar-refractivity contribution in [1.29, 1.82) is 0 Å². The molecule has 11 nitrogen and oxygen atoms in total. The zero-order valence-corrected chi connectivity index (χ0v) is 26.8. The van der Waals surface area contributed by atoms with Gasteiger partial charge in [-0.1, -0.05) is 26.3 Å². The lowest BCUT2D eigenvalue weighted by molar-refractivity contribution is -0.211. The number of carbonyl (C=O) groups excluding carboxylic acids is 2. The monoisotopic (exact) mass is 609 g/mol. The molecule has 0 bridgehead atoms. The standard InChI is InChI=1S/C32H51NO10/c1-17(2)12-25(40-8)29(38)30(39)33-31(41-9)26-15-27(37)32(6,7)28(43-26)11-10-18(3)24(42-16-34)13-21-19(4)22(35)14-23(36)20(21)5/h14,16,18,24-29,31,35-38H,1,10-13,15H2,2-9H3,(H,33,39)/t18-,24-,25?,26+,27?,28?,29?,31?/m1/s1. The van der Waals surface area contributed by atoms with Crippen molar-refractivity contribution in [2.24, 2.45) is 11.3 Å². The van der Waals surface area contributed by atoms with E-state index in [1.54, 1.807) is 20.8 Å². The summed E-state index contributed by atoms with van der Waals surface area (Å²) in [5.74, 6) is -0.897. The Balaban J connectivity index is 2.16. The molecule has 5 N–H and O–H groups in total. The Morgan fingerprint density at radius 1 is 1.19 bits per heavy atom. The first kappa shape index (κ1) is 36.5. The predicted molar refractivity (Wildman–Crippen MR) is 161 cm³/mol. The van der Waals surface area contributed by atoms with Crippen molar-refractivity contribution in [3.05, 3.63) is 34.9 Å². The second-order valence-corrected chi connectivity index (χ2v) is 12.5. The van der Waals surface area contributed by atoms with E-state index < -0.39 is 54.2 Å². The second-order valence-electron chi connectivity index (χ2n) is 12.5. The number of aromatic hydroxyl groups is 2. The smallest absolute Gasteiger partial charge is 0.293 e. The molecule has 43 heavy (non-hydrogen) atoms. The van der Waals surface area contributed by atoms with Crippen LogP contribution in [0.25, 0.3) is 0 Å². The van der Waals surface area contributed by atoms with Crippen molar-refractivity contribution in [1.82, 2.24) is 5.32 Å². The number of phenolic OH excluding ortho intramolecular Hbond substituents is 2. The van der Waals surface area contributed by atoms with Crippen molar-refractivity contribution < 1.29 is 49.0 Å². The third kappa shape index (κ3) is 9.15. The maximum Gasteiger partial charge on any atom is 0.293 e. The lowest BCUT2D eigenvalue weighted by Crippen LogP contribution is -2.58. The lowest BCUT2D eigenvalue weighted by atomic mass is 9.73. The summed E-state index contributed by atoms with van der Waals surface area (Å²) in [6, 6.07) is 1.30. The molecule has 0 aromatic heterocycles. The van der Waals surface area contributed by atoms with Crippen molar-refractivity contribution in [2.45, 2.75) is 116 Å². The molecule has 0 aliphatic carbocycles. The minimum absolute atomic E-state index is 0.0335. The summed E-state index contributed by atoms with van der Waals surface area (Å²) in [6.45, 7) is 15.3. The fourth-order valence-electron chi connectivity index (χ4n) is 5.68. The zero-order chi connectivity index (χ0) is 32.6. The van der Waals surface area contributed by atoms with Gasteiger partial charge < -0.3 is 44.7 Å². The first-order chi connectivity index (χ1) is 20.1. The van der Waals surface area contributed by atoms with Gasteiger partial charge in [0.25, 0.3) is 12.4 Å². The molecule has 1 aromatic carbocycles. The Labute approximate surface area is 255 Å². The van der Waals surface area contributed by atoms with Crippen molar-refractivity contribution in [3.8, 4) is 11.5 Å². The third-order valence-corrected chi connectivity index (χ3v) is 8.93. The highest BCUT2D eigenvalue weighted by Crippen LogP contribution is 2.41. The van der Waals surface area contributed by atoms with Crippen LogP contribution in [0.15, 0.2) is 18.2 Å². The average molecular weight is 610 g/mol. The Bertz CT molecular complexity index is 1080. The minimum atomic E-state index is -1.46. The number of aliphatic hydroxyl groups is 2. The molecule has 1 heterocycles. The molecular formula is C32H51NO10. The number of ether oxygens (including phenoxy) is 4. The van der Waals surface area contributed by atoms with Gasteiger partial charge in [-0.3, -0.25) is 9.59 Å². The summed E-state index contributed by atoms with van der Waals surface area (Å²) in [4.78, 5) is 24.3.